The Labute approximate surface area is 205 Å². The Hall–Kier alpha value is -2.90. The number of rotatable bonds is 5. The van der Waals surface area contributed by atoms with Crippen LogP contribution >= 0.6 is 11.6 Å². The second-order valence-electron chi connectivity index (χ2n) is 8.85. The third-order valence-electron chi connectivity index (χ3n) is 6.63. The van der Waals surface area contributed by atoms with E-state index in [1.807, 2.05) is 32.0 Å². The molecular weight excluding hydrogens is 454 g/mol. The molecule has 0 radical (unpaired) electrons. The fourth-order valence-corrected chi connectivity index (χ4v) is 4.84. The lowest BCUT2D eigenvalue weighted by Crippen LogP contribution is -2.60. The van der Waals surface area contributed by atoms with Crippen LogP contribution in [0.1, 0.15) is 52.5 Å². The van der Waals surface area contributed by atoms with Gasteiger partial charge in [0, 0.05) is 48.6 Å². The Morgan fingerprint density at radius 2 is 1.74 bits per heavy atom. The maximum atomic E-state index is 13.8. The van der Waals surface area contributed by atoms with E-state index in [2.05, 4.69) is 5.32 Å². The summed E-state index contributed by atoms with van der Waals surface area (Å²) >= 11 is 5.95. The number of likely N-dealkylation sites (tertiary alicyclic amines) is 1. The van der Waals surface area contributed by atoms with Crippen LogP contribution in [0.25, 0.3) is 0 Å². The highest BCUT2D eigenvalue weighted by atomic mass is 35.5. The number of nitrogens with one attached hydrogen (secondary N) is 1. The van der Waals surface area contributed by atoms with Crippen LogP contribution in [0.5, 0.6) is 0 Å². The first kappa shape index (κ1) is 24.2. The summed E-state index contributed by atoms with van der Waals surface area (Å²) in [6, 6.07) is 13.5. The molecule has 1 atom stereocenters. The van der Waals surface area contributed by atoms with Gasteiger partial charge >= 0.3 is 0 Å². The number of hydrogen-bond donors (Lipinski definition) is 1. The molecule has 2 aliphatic rings. The summed E-state index contributed by atoms with van der Waals surface area (Å²) in [6.45, 7) is 5.38. The molecule has 2 saturated heterocycles. The van der Waals surface area contributed by atoms with Crippen molar-refractivity contribution in [1.29, 1.82) is 0 Å². The Balaban J connectivity index is 1.57. The number of benzene rings is 2. The van der Waals surface area contributed by atoms with Crippen molar-refractivity contribution in [2.45, 2.75) is 44.9 Å². The van der Waals surface area contributed by atoms with Crippen LogP contribution in [0.15, 0.2) is 48.5 Å². The van der Waals surface area contributed by atoms with Crippen LogP contribution in [-0.2, 0) is 9.53 Å². The molecule has 7 nitrogen and oxygen atoms in total. The predicted octanol–water partition coefficient (Wildman–Crippen LogP) is 3.65. The molecule has 34 heavy (non-hydrogen) atoms. The normalized spacial score (nSPS) is 19.3. The van der Waals surface area contributed by atoms with Crippen molar-refractivity contribution in [2.24, 2.45) is 0 Å². The van der Waals surface area contributed by atoms with E-state index in [4.69, 9.17) is 16.3 Å². The van der Waals surface area contributed by atoms with Gasteiger partial charge in [-0.3, -0.25) is 19.3 Å². The molecule has 3 amide bonds. The van der Waals surface area contributed by atoms with Crippen molar-refractivity contribution in [3.63, 3.8) is 0 Å². The number of nitrogens with zero attached hydrogens (tertiary/aromatic N) is 2. The van der Waals surface area contributed by atoms with Crippen molar-refractivity contribution in [2.75, 3.05) is 26.2 Å². The lowest BCUT2D eigenvalue weighted by atomic mass is 9.95. The minimum absolute atomic E-state index is 0.0847. The van der Waals surface area contributed by atoms with Crippen molar-refractivity contribution in [1.82, 2.24) is 15.1 Å². The fourth-order valence-electron chi connectivity index (χ4n) is 4.71. The number of halogens is 1. The van der Waals surface area contributed by atoms with Crippen molar-refractivity contribution in [3.05, 3.63) is 70.2 Å². The van der Waals surface area contributed by atoms with Gasteiger partial charge in [-0.05, 0) is 49.2 Å². The summed E-state index contributed by atoms with van der Waals surface area (Å²) in [4.78, 5) is 43.1. The summed E-state index contributed by atoms with van der Waals surface area (Å²) in [5, 5.41) is 3.49. The molecule has 1 spiro atoms. The maximum absolute atomic E-state index is 13.8. The quantitative estimate of drug-likeness (QED) is 0.704. The molecule has 2 fully saturated rings. The van der Waals surface area contributed by atoms with Crippen LogP contribution in [0, 0.1) is 6.92 Å². The van der Waals surface area contributed by atoms with E-state index in [0.29, 0.717) is 48.6 Å². The average molecular weight is 484 g/mol. The molecule has 0 bridgehead atoms. The minimum Gasteiger partial charge on any atom is -0.354 e. The average Bonchev–Trinajstić information content (AvgIpc) is 3.21. The van der Waals surface area contributed by atoms with Gasteiger partial charge in [-0.1, -0.05) is 36.7 Å². The van der Waals surface area contributed by atoms with Crippen molar-refractivity contribution >= 4 is 29.3 Å². The Kier molecular flexibility index (Phi) is 7.24. The van der Waals surface area contributed by atoms with Crippen LogP contribution < -0.4 is 5.32 Å². The molecule has 2 aliphatic heterocycles. The molecule has 180 valence electrons. The summed E-state index contributed by atoms with van der Waals surface area (Å²) in [7, 11) is 0. The summed E-state index contributed by atoms with van der Waals surface area (Å²) in [5.74, 6) is -0.511. The SMILES string of the molecule is CCCNC(=O)[C@H]1COC2(CCN(C(=O)c3ccc(Cl)cc3)CC2)N1C(=O)c1ccccc1C. The number of piperidine rings is 1. The lowest BCUT2D eigenvalue weighted by Gasteiger charge is -2.44. The standard InChI is InChI=1S/C26H30ClN3O4/c1-3-14-28-23(31)22-17-34-26(30(22)25(33)21-7-5-4-6-18(21)2)12-15-29(16-13-26)24(32)19-8-10-20(27)11-9-19/h4-11,22H,3,12-17H2,1-2H3,(H,28,31)/t22-/m1/s1. The van der Waals surface area contributed by atoms with E-state index in [-0.39, 0.29) is 24.3 Å². The molecule has 1 N–H and O–H groups in total. The van der Waals surface area contributed by atoms with E-state index in [1.54, 1.807) is 40.1 Å². The molecule has 8 heteroatoms. The minimum atomic E-state index is -0.926. The predicted molar refractivity (Wildman–Crippen MR) is 130 cm³/mol. The molecule has 4 rings (SSSR count). The number of carbonyl (C=O) groups excluding carboxylic acids is 3. The molecule has 2 heterocycles. The highest BCUT2D eigenvalue weighted by Crippen LogP contribution is 2.39. The van der Waals surface area contributed by atoms with E-state index >= 15 is 0 Å². The van der Waals surface area contributed by atoms with Gasteiger partial charge in [0.05, 0.1) is 6.61 Å². The Morgan fingerprint density at radius 1 is 1.06 bits per heavy atom. The first-order valence-electron chi connectivity index (χ1n) is 11.7. The van der Waals surface area contributed by atoms with Gasteiger partial charge in [-0.25, -0.2) is 0 Å². The highest BCUT2D eigenvalue weighted by Gasteiger charge is 2.54. The van der Waals surface area contributed by atoms with Gasteiger partial charge in [-0.2, -0.15) is 0 Å². The van der Waals surface area contributed by atoms with Crippen LogP contribution in [0.4, 0.5) is 0 Å². The monoisotopic (exact) mass is 483 g/mol. The maximum Gasteiger partial charge on any atom is 0.257 e. The number of amides is 3. The van der Waals surface area contributed by atoms with Crippen molar-refractivity contribution in [3.8, 4) is 0 Å². The van der Waals surface area contributed by atoms with Gasteiger partial charge in [0.25, 0.3) is 11.8 Å². The van der Waals surface area contributed by atoms with Gasteiger partial charge < -0.3 is 15.0 Å². The van der Waals surface area contributed by atoms with E-state index in [0.717, 1.165) is 12.0 Å². The van der Waals surface area contributed by atoms with Crippen LogP contribution in [-0.4, -0.2) is 65.5 Å². The summed E-state index contributed by atoms with van der Waals surface area (Å²) in [5.41, 5.74) is 1.04. The van der Waals surface area contributed by atoms with Gasteiger partial charge in [-0.15, -0.1) is 0 Å². The number of aryl methyl sites for hydroxylation is 1. The third-order valence-corrected chi connectivity index (χ3v) is 6.88. The zero-order valence-electron chi connectivity index (χ0n) is 19.6. The van der Waals surface area contributed by atoms with E-state index in [1.165, 1.54) is 0 Å². The second-order valence-corrected chi connectivity index (χ2v) is 9.29. The van der Waals surface area contributed by atoms with Gasteiger partial charge in [0.2, 0.25) is 5.91 Å². The molecule has 2 aromatic carbocycles. The summed E-state index contributed by atoms with van der Waals surface area (Å²) in [6.07, 6.45) is 1.67. The largest absolute Gasteiger partial charge is 0.354 e. The molecule has 0 aliphatic carbocycles. The zero-order valence-corrected chi connectivity index (χ0v) is 20.3. The molecule has 0 saturated carbocycles. The molecule has 0 aromatic heterocycles. The Morgan fingerprint density at radius 3 is 2.38 bits per heavy atom. The summed E-state index contributed by atoms with van der Waals surface area (Å²) < 4.78 is 6.23. The highest BCUT2D eigenvalue weighted by molar-refractivity contribution is 6.30. The lowest BCUT2D eigenvalue weighted by molar-refractivity contribution is -0.128. The van der Waals surface area contributed by atoms with Crippen molar-refractivity contribution < 1.29 is 19.1 Å². The molecular formula is C26H30ClN3O4. The number of hydrogen-bond acceptors (Lipinski definition) is 4. The number of ether oxygens (including phenoxy) is 1. The van der Waals surface area contributed by atoms with Gasteiger partial charge in [0.1, 0.15) is 11.8 Å². The van der Waals surface area contributed by atoms with E-state index in [9.17, 15) is 14.4 Å². The van der Waals surface area contributed by atoms with E-state index < -0.39 is 11.8 Å². The van der Waals surface area contributed by atoms with Gasteiger partial charge in [0.15, 0.2) is 0 Å². The first-order valence-corrected chi connectivity index (χ1v) is 12.1. The Bertz CT molecular complexity index is 1060. The fraction of sp³-hybridized carbons (Fsp3) is 0.423. The van der Waals surface area contributed by atoms with Crippen LogP contribution in [0.3, 0.4) is 0 Å². The number of carbonyl (C=O) groups is 3. The third kappa shape index (κ3) is 4.68. The smallest absolute Gasteiger partial charge is 0.257 e. The topological polar surface area (TPSA) is 79.0 Å². The molecule has 2 aromatic rings. The van der Waals surface area contributed by atoms with Crippen LogP contribution in [0.2, 0.25) is 5.02 Å². The molecule has 0 unspecified atom stereocenters. The first-order chi connectivity index (χ1) is 16.4. The zero-order chi connectivity index (χ0) is 24.3. The second kappa shape index (κ2) is 10.2.